The summed E-state index contributed by atoms with van der Waals surface area (Å²) in [6.45, 7) is 5.67. The highest BCUT2D eigenvalue weighted by Gasteiger charge is 2.15. The summed E-state index contributed by atoms with van der Waals surface area (Å²) in [6, 6.07) is 0. The van der Waals surface area contributed by atoms with Gasteiger partial charge in [0.05, 0.1) is 6.20 Å². The number of aromatic hydroxyl groups is 1. The minimum Gasteiger partial charge on any atom is -0.493 e. The Labute approximate surface area is 64.5 Å². The lowest BCUT2D eigenvalue weighted by Crippen LogP contribution is -2.31. The molecule has 0 aromatic carbocycles. The molecule has 0 saturated heterocycles. The third kappa shape index (κ3) is 1.45. The number of aromatic nitrogens is 2. The van der Waals surface area contributed by atoms with Gasteiger partial charge in [-0.1, -0.05) is 0 Å². The summed E-state index contributed by atoms with van der Waals surface area (Å²) in [7, 11) is 0. The molecule has 1 heterocycles. The van der Waals surface area contributed by atoms with Crippen molar-refractivity contribution >= 4 is 0 Å². The number of nitrogens with zero attached hydrogens (tertiary/aromatic N) is 1. The van der Waals surface area contributed by atoms with Crippen molar-refractivity contribution in [2.75, 3.05) is 0 Å². The highest BCUT2D eigenvalue weighted by molar-refractivity contribution is 5.03. The van der Waals surface area contributed by atoms with Gasteiger partial charge in [-0.05, 0) is 20.8 Å². The third-order valence-electron chi connectivity index (χ3n) is 1.43. The summed E-state index contributed by atoms with van der Waals surface area (Å²) < 4.78 is 1.45. The molecule has 0 amide bonds. The maximum atomic E-state index is 11.0. The van der Waals surface area contributed by atoms with Gasteiger partial charge in [-0.2, -0.15) is 0 Å². The Balaban J connectivity index is 3.25. The van der Waals surface area contributed by atoms with Gasteiger partial charge in [-0.15, -0.1) is 0 Å². The van der Waals surface area contributed by atoms with Gasteiger partial charge in [0.2, 0.25) is 5.88 Å². The molecule has 1 rings (SSSR count). The van der Waals surface area contributed by atoms with Crippen LogP contribution in [0.2, 0.25) is 0 Å². The monoisotopic (exact) mass is 156 g/mol. The van der Waals surface area contributed by atoms with Crippen LogP contribution in [0.25, 0.3) is 0 Å². The molecular weight excluding hydrogens is 144 g/mol. The average molecular weight is 156 g/mol. The van der Waals surface area contributed by atoms with E-state index < -0.39 is 0 Å². The Kier molecular flexibility index (Phi) is 1.55. The maximum absolute atomic E-state index is 11.0. The van der Waals surface area contributed by atoms with Crippen LogP contribution in [0.5, 0.6) is 5.88 Å². The van der Waals surface area contributed by atoms with Crippen molar-refractivity contribution in [3.05, 3.63) is 16.7 Å². The van der Waals surface area contributed by atoms with Crippen LogP contribution >= 0.6 is 0 Å². The van der Waals surface area contributed by atoms with Gasteiger partial charge >= 0.3 is 5.69 Å². The topological polar surface area (TPSA) is 58.0 Å². The van der Waals surface area contributed by atoms with E-state index in [0.717, 1.165) is 0 Å². The molecule has 62 valence electrons. The Bertz CT molecular complexity index is 303. The van der Waals surface area contributed by atoms with Gasteiger partial charge in [0.15, 0.2) is 0 Å². The lowest BCUT2D eigenvalue weighted by Gasteiger charge is -2.18. The fourth-order valence-electron chi connectivity index (χ4n) is 0.881. The van der Waals surface area contributed by atoms with Gasteiger partial charge in [0.25, 0.3) is 0 Å². The van der Waals surface area contributed by atoms with Crippen molar-refractivity contribution in [1.29, 1.82) is 0 Å². The molecule has 0 spiro atoms. The molecule has 0 saturated carbocycles. The van der Waals surface area contributed by atoms with Gasteiger partial charge in [0, 0.05) is 5.54 Å². The second-order valence-corrected chi connectivity index (χ2v) is 3.49. The molecule has 0 atom stereocenters. The summed E-state index contributed by atoms with van der Waals surface area (Å²) in [5, 5.41) is 8.92. The van der Waals surface area contributed by atoms with E-state index in [4.69, 9.17) is 5.11 Å². The fourth-order valence-corrected chi connectivity index (χ4v) is 0.881. The first-order chi connectivity index (χ1) is 4.91. The standard InChI is InChI=1S/C7H12N2O2/c1-7(2,3)9-4-5(10)8-6(9)11/h4,10H,1-3H3,(H,8,11). The molecule has 0 aliphatic carbocycles. The van der Waals surface area contributed by atoms with Crippen LogP contribution in [0.4, 0.5) is 0 Å². The zero-order chi connectivity index (χ0) is 8.65. The molecule has 0 bridgehead atoms. The highest BCUT2D eigenvalue weighted by atomic mass is 16.3. The number of nitrogens with one attached hydrogen (secondary N) is 1. The van der Waals surface area contributed by atoms with Crippen LogP contribution in [0.1, 0.15) is 20.8 Å². The first-order valence-corrected chi connectivity index (χ1v) is 3.42. The summed E-state index contributed by atoms with van der Waals surface area (Å²) in [5.41, 5.74) is -0.566. The molecule has 1 aromatic rings. The van der Waals surface area contributed by atoms with Crippen molar-refractivity contribution in [3.63, 3.8) is 0 Å². The first kappa shape index (κ1) is 7.91. The number of rotatable bonds is 0. The predicted octanol–water partition coefficient (Wildman–Crippen LogP) is 0.637. The molecule has 11 heavy (non-hydrogen) atoms. The van der Waals surface area contributed by atoms with Gasteiger partial charge in [-0.3, -0.25) is 9.55 Å². The number of imidazole rings is 1. The van der Waals surface area contributed by atoms with E-state index in [-0.39, 0.29) is 17.1 Å². The Morgan fingerprint density at radius 3 is 2.27 bits per heavy atom. The number of hydrogen-bond donors (Lipinski definition) is 2. The Morgan fingerprint density at radius 2 is 2.09 bits per heavy atom. The van der Waals surface area contributed by atoms with E-state index in [1.54, 1.807) is 0 Å². The molecule has 1 aromatic heterocycles. The largest absolute Gasteiger partial charge is 0.493 e. The summed E-state index contributed by atoms with van der Waals surface area (Å²) >= 11 is 0. The molecule has 0 aliphatic heterocycles. The van der Waals surface area contributed by atoms with Crippen LogP contribution in [-0.4, -0.2) is 14.7 Å². The van der Waals surface area contributed by atoms with E-state index in [1.807, 2.05) is 20.8 Å². The molecule has 0 unspecified atom stereocenters. The Morgan fingerprint density at radius 1 is 1.55 bits per heavy atom. The molecule has 2 N–H and O–H groups in total. The molecule has 0 aliphatic rings. The van der Waals surface area contributed by atoms with Crippen LogP contribution in [0, 0.1) is 0 Å². The van der Waals surface area contributed by atoms with Crippen molar-refractivity contribution in [1.82, 2.24) is 9.55 Å². The van der Waals surface area contributed by atoms with Crippen molar-refractivity contribution in [3.8, 4) is 5.88 Å². The fraction of sp³-hybridized carbons (Fsp3) is 0.571. The van der Waals surface area contributed by atoms with Crippen LogP contribution in [0.3, 0.4) is 0 Å². The van der Waals surface area contributed by atoms with Crippen LogP contribution in [-0.2, 0) is 5.54 Å². The Hall–Kier alpha value is -1.19. The lowest BCUT2D eigenvalue weighted by atomic mass is 10.1. The summed E-state index contributed by atoms with van der Waals surface area (Å²) in [5.74, 6) is -0.0927. The minimum atomic E-state index is -0.283. The maximum Gasteiger partial charge on any atom is 0.328 e. The van der Waals surface area contributed by atoms with Gasteiger partial charge in [-0.25, -0.2) is 4.79 Å². The molecular formula is C7H12N2O2. The molecule has 4 nitrogen and oxygen atoms in total. The molecule has 0 fully saturated rings. The number of aromatic amines is 1. The van der Waals surface area contributed by atoms with E-state index in [9.17, 15) is 4.79 Å². The average Bonchev–Trinajstić information content (AvgIpc) is 2.08. The van der Waals surface area contributed by atoms with Gasteiger partial charge in [0.1, 0.15) is 0 Å². The van der Waals surface area contributed by atoms with E-state index in [1.165, 1.54) is 10.8 Å². The third-order valence-corrected chi connectivity index (χ3v) is 1.43. The van der Waals surface area contributed by atoms with Crippen molar-refractivity contribution < 1.29 is 5.11 Å². The zero-order valence-electron chi connectivity index (χ0n) is 6.88. The van der Waals surface area contributed by atoms with Crippen LogP contribution in [0.15, 0.2) is 11.0 Å². The lowest BCUT2D eigenvalue weighted by molar-refractivity contribution is 0.382. The van der Waals surface area contributed by atoms with E-state index >= 15 is 0 Å². The van der Waals surface area contributed by atoms with Crippen LogP contribution < -0.4 is 5.69 Å². The van der Waals surface area contributed by atoms with Crippen molar-refractivity contribution in [2.45, 2.75) is 26.3 Å². The second kappa shape index (κ2) is 2.15. The van der Waals surface area contributed by atoms with E-state index in [2.05, 4.69) is 4.98 Å². The summed E-state index contributed by atoms with van der Waals surface area (Å²) in [6.07, 6.45) is 1.39. The SMILES string of the molecule is CC(C)(C)n1cc(O)[nH]c1=O. The first-order valence-electron chi connectivity index (χ1n) is 3.42. The minimum absolute atomic E-state index is 0.0927. The zero-order valence-corrected chi connectivity index (χ0v) is 6.88. The number of H-pyrrole nitrogens is 1. The second-order valence-electron chi connectivity index (χ2n) is 3.49. The quantitative estimate of drug-likeness (QED) is 0.579. The number of hydrogen-bond acceptors (Lipinski definition) is 2. The molecule has 0 radical (unpaired) electrons. The molecule has 4 heteroatoms. The van der Waals surface area contributed by atoms with Crippen molar-refractivity contribution in [2.24, 2.45) is 0 Å². The highest BCUT2D eigenvalue weighted by Crippen LogP contribution is 2.12. The van der Waals surface area contributed by atoms with E-state index in [0.29, 0.717) is 0 Å². The smallest absolute Gasteiger partial charge is 0.328 e. The normalized spacial score (nSPS) is 11.9. The predicted molar refractivity (Wildman–Crippen MR) is 41.7 cm³/mol. The summed E-state index contributed by atoms with van der Waals surface area (Å²) in [4.78, 5) is 13.3. The van der Waals surface area contributed by atoms with Gasteiger partial charge < -0.3 is 5.11 Å².